The van der Waals surface area contributed by atoms with Gasteiger partial charge in [-0.15, -0.1) is 16.8 Å². The van der Waals surface area contributed by atoms with Crippen molar-refractivity contribution in [3.63, 3.8) is 0 Å². The first kappa shape index (κ1) is 19.8. The lowest BCUT2D eigenvalue weighted by Crippen LogP contribution is -2.07. The minimum Gasteiger partial charge on any atom is -0.484 e. The lowest BCUT2D eigenvalue weighted by Gasteiger charge is -2.10. The van der Waals surface area contributed by atoms with Gasteiger partial charge in [-0.05, 0) is 30.3 Å². The van der Waals surface area contributed by atoms with E-state index in [1.54, 1.807) is 36.0 Å². The highest BCUT2D eigenvalue weighted by atomic mass is 35.5. The molecule has 1 aromatic carbocycles. The van der Waals surface area contributed by atoms with Crippen molar-refractivity contribution in [1.29, 1.82) is 0 Å². The summed E-state index contributed by atoms with van der Waals surface area (Å²) in [5.74, 6) is 1.91. The van der Waals surface area contributed by atoms with Crippen molar-refractivity contribution < 1.29 is 4.74 Å². The van der Waals surface area contributed by atoms with Gasteiger partial charge >= 0.3 is 0 Å². The molecule has 0 aliphatic carbocycles. The number of aromatic nitrogens is 5. The van der Waals surface area contributed by atoms with Gasteiger partial charge in [-0.1, -0.05) is 47.1 Å². The van der Waals surface area contributed by atoms with E-state index in [4.69, 9.17) is 27.9 Å². The molecule has 3 aromatic heterocycles. The number of rotatable bonds is 8. The van der Waals surface area contributed by atoms with E-state index in [1.165, 1.54) is 0 Å². The Bertz CT molecular complexity index is 1120. The molecule has 0 atom stereocenters. The Morgan fingerprint density at radius 2 is 2.07 bits per heavy atom. The van der Waals surface area contributed by atoms with Gasteiger partial charge < -0.3 is 9.14 Å². The minimum atomic E-state index is 0.233. The molecule has 0 amide bonds. The lowest BCUT2D eigenvalue weighted by molar-refractivity contribution is 0.289. The number of pyridine rings is 1. The first-order valence-electron chi connectivity index (χ1n) is 8.80. The Morgan fingerprint density at radius 1 is 1.17 bits per heavy atom. The van der Waals surface area contributed by atoms with Crippen LogP contribution >= 0.6 is 35.0 Å². The normalized spacial score (nSPS) is 11.1. The zero-order valence-electron chi connectivity index (χ0n) is 15.3. The van der Waals surface area contributed by atoms with Gasteiger partial charge in [-0.25, -0.2) is 4.98 Å². The van der Waals surface area contributed by atoms with Crippen LogP contribution < -0.4 is 4.74 Å². The van der Waals surface area contributed by atoms with E-state index in [0.29, 0.717) is 33.9 Å². The van der Waals surface area contributed by atoms with Crippen molar-refractivity contribution in [2.45, 2.75) is 24.1 Å². The maximum atomic E-state index is 6.17. The summed E-state index contributed by atoms with van der Waals surface area (Å²) in [7, 11) is 0. The molecule has 0 radical (unpaired) electrons. The highest BCUT2D eigenvalue weighted by Crippen LogP contribution is 2.28. The third-order valence-electron chi connectivity index (χ3n) is 4.12. The van der Waals surface area contributed by atoms with E-state index >= 15 is 0 Å². The van der Waals surface area contributed by atoms with Gasteiger partial charge in [-0.3, -0.25) is 4.57 Å². The predicted octanol–water partition coefficient (Wildman–Crippen LogP) is 5.29. The molecule has 4 rings (SSSR count). The van der Waals surface area contributed by atoms with Crippen molar-refractivity contribution in [2.24, 2.45) is 0 Å². The van der Waals surface area contributed by atoms with E-state index in [9.17, 15) is 0 Å². The third kappa shape index (κ3) is 4.58. The number of fused-ring (bicyclic) bond motifs is 1. The number of thioether (sulfide) groups is 1. The summed E-state index contributed by atoms with van der Waals surface area (Å²) in [6.07, 6.45) is 5.80. The third-order valence-corrected chi connectivity index (χ3v) is 5.65. The second-order valence-corrected chi connectivity index (χ2v) is 7.93. The van der Waals surface area contributed by atoms with Gasteiger partial charge in [0.1, 0.15) is 18.0 Å². The highest BCUT2D eigenvalue weighted by molar-refractivity contribution is 7.98. The van der Waals surface area contributed by atoms with Crippen LogP contribution in [0.5, 0.6) is 5.75 Å². The number of allylic oxidation sites excluding steroid dienone is 1. The summed E-state index contributed by atoms with van der Waals surface area (Å²) < 4.78 is 9.78. The fourth-order valence-corrected chi connectivity index (χ4v) is 4.09. The molecular formula is C20H17Cl2N5OS. The standard InChI is InChI=1S/C20H17Cl2N5OS/c1-2-8-27-19(12-28-17-7-6-14(21)10-16(17)22)24-25-20(27)29-13-15-11-26-9-4-3-5-18(26)23-15/h2-7,9-11H,1,8,12-13H2. The molecule has 148 valence electrons. The van der Waals surface area contributed by atoms with Crippen LogP contribution in [0.15, 0.2) is 66.6 Å². The smallest absolute Gasteiger partial charge is 0.191 e. The first-order valence-corrected chi connectivity index (χ1v) is 10.5. The van der Waals surface area contributed by atoms with Crippen LogP contribution in [-0.2, 0) is 18.9 Å². The van der Waals surface area contributed by atoms with Crippen LogP contribution in [0, 0.1) is 0 Å². The Hall–Kier alpha value is -2.48. The number of ether oxygens (including phenoxy) is 1. The molecular weight excluding hydrogens is 429 g/mol. The molecule has 0 unspecified atom stereocenters. The minimum absolute atomic E-state index is 0.233. The number of halogens is 2. The molecule has 29 heavy (non-hydrogen) atoms. The highest BCUT2D eigenvalue weighted by Gasteiger charge is 2.14. The van der Waals surface area contributed by atoms with Crippen molar-refractivity contribution in [1.82, 2.24) is 24.1 Å². The molecule has 0 aliphatic heterocycles. The fraction of sp³-hybridized carbons (Fsp3) is 0.150. The number of nitrogens with zero attached hydrogens (tertiary/aromatic N) is 5. The maximum absolute atomic E-state index is 6.17. The maximum Gasteiger partial charge on any atom is 0.191 e. The van der Waals surface area contributed by atoms with Crippen LogP contribution in [-0.4, -0.2) is 24.1 Å². The van der Waals surface area contributed by atoms with Crippen LogP contribution in [0.4, 0.5) is 0 Å². The molecule has 0 aliphatic rings. The van der Waals surface area contributed by atoms with Gasteiger partial charge in [0.2, 0.25) is 0 Å². The largest absolute Gasteiger partial charge is 0.484 e. The molecule has 9 heteroatoms. The molecule has 0 bridgehead atoms. The molecule has 0 N–H and O–H groups in total. The topological polar surface area (TPSA) is 57.2 Å². The Balaban J connectivity index is 1.47. The summed E-state index contributed by atoms with van der Waals surface area (Å²) in [5.41, 5.74) is 1.89. The second kappa shape index (κ2) is 8.90. The molecule has 3 heterocycles. The fourth-order valence-electron chi connectivity index (χ4n) is 2.77. The predicted molar refractivity (Wildman–Crippen MR) is 116 cm³/mol. The Morgan fingerprint density at radius 3 is 2.86 bits per heavy atom. The molecule has 0 spiro atoms. The SMILES string of the molecule is C=CCn1c(COc2ccc(Cl)cc2Cl)nnc1SCc1cn2ccccc2n1. The number of benzene rings is 1. The van der Waals surface area contributed by atoms with Gasteiger partial charge in [0, 0.05) is 29.7 Å². The molecule has 0 saturated heterocycles. The quantitative estimate of drug-likeness (QED) is 0.272. The van der Waals surface area contributed by atoms with Crippen molar-refractivity contribution in [3.8, 4) is 5.75 Å². The zero-order valence-corrected chi connectivity index (χ0v) is 17.7. The molecule has 4 aromatic rings. The summed E-state index contributed by atoms with van der Waals surface area (Å²) in [6.45, 7) is 4.64. The van der Waals surface area contributed by atoms with Crippen molar-refractivity contribution >= 4 is 40.6 Å². The van der Waals surface area contributed by atoms with Crippen LogP contribution in [0.25, 0.3) is 5.65 Å². The summed E-state index contributed by atoms with van der Waals surface area (Å²) in [6, 6.07) is 11.0. The molecule has 6 nitrogen and oxygen atoms in total. The van der Waals surface area contributed by atoms with E-state index in [1.807, 2.05) is 39.6 Å². The average Bonchev–Trinajstić information content (AvgIpc) is 3.29. The van der Waals surface area contributed by atoms with E-state index in [-0.39, 0.29) is 6.61 Å². The van der Waals surface area contributed by atoms with E-state index in [2.05, 4.69) is 21.8 Å². The van der Waals surface area contributed by atoms with Crippen LogP contribution in [0.2, 0.25) is 10.0 Å². The van der Waals surface area contributed by atoms with Gasteiger partial charge in [0.05, 0.1) is 10.7 Å². The summed E-state index contributed by atoms with van der Waals surface area (Å²) in [4.78, 5) is 4.62. The van der Waals surface area contributed by atoms with Gasteiger partial charge in [0.15, 0.2) is 11.0 Å². The number of hydrogen-bond donors (Lipinski definition) is 0. The number of hydrogen-bond acceptors (Lipinski definition) is 5. The molecule has 0 fully saturated rings. The van der Waals surface area contributed by atoms with E-state index in [0.717, 1.165) is 16.5 Å². The zero-order chi connectivity index (χ0) is 20.2. The van der Waals surface area contributed by atoms with Crippen molar-refractivity contribution in [2.75, 3.05) is 0 Å². The first-order chi connectivity index (χ1) is 14.1. The Labute approximate surface area is 182 Å². The van der Waals surface area contributed by atoms with Crippen LogP contribution in [0.1, 0.15) is 11.5 Å². The summed E-state index contributed by atoms with van der Waals surface area (Å²) >= 11 is 13.7. The monoisotopic (exact) mass is 445 g/mol. The summed E-state index contributed by atoms with van der Waals surface area (Å²) in [5, 5.41) is 10.4. The van der Waals surface area contributed by atoms with Gasteiger partial charge in [-0.2, -0.15) is 0 Å². The average molecular weight is 446 g/mol. The van der Waals surface area contributed by atoms with E-state index < -0.39 is 0 Å². The second-order valence-electron chi connectivity index (χ2n) is 6.15. The van der Waals surface area contributed by atoms with Crippen molar-refractivity contribution in [3.05, 3.63) is 83.0 Å². The lowest BCUT2D eigenvalue weighted by atomic mass is 10.3. The van der Waals surface area contributed by atoms with Crippen LogP contribution in [0.3, 0.4) is 0 Å². The number of imidazole rings is 1. The molecule has 0 saturated carbocycles. The Kier molecular flexibility index (Phi) is 6.08. The van der Waals surface area contributed by atoms with Gasteiger partial charge in [0.25, 0.3) is 0 Å².